The number of carbonyl (C=O) groups excluding carboxylic acids is 2. The van der Waals surface area contributed by atoms with E-state index in [4.69, 9.17) is 0 Å². The fraction of sp³-hybridized carbons (Fsp3) is 0.176. The molecule has 4 heteroatoms. The van der Waals surface area contributed by atoms with Crippen LogP contribution in [0.3, 0.4) is 0 Å². The van der Waals surface area contributed by atoms with Crippen molar-refractivity contribution in [1.29, 1.82) is 0 Å². The second-order valence-electron chi connectivity index (χ2n) is 5.12. The van der Waals surface area contributed by atoms with Crippen molar-refractivity contribution in [3.8, 4) is 0 Å². The minimum Gasteiger partial charge on any atom is -0.274 e. The Morgan fingerprint density at radius 3 is 2.19 bits per heavy atom. The molecule has 0 aliphatic carbocycles. The van der Waals surface area contributed by atoms with Crippen molar-refractivity contribution in [2.24, 2.45) is 0 Å². The zero-order valence-corrected chi connectivity index (χ0v) is 12.9. The van der Waals surface area contributed by atoms with Crippen LogP contribution in [0.4, 0.5) is 5.69 Å². The van der Waals surface area contributed by atoms with Crippen molar-refractivity contribution in [3.05, 3.63) is 64.6 Å². The van der Waals surface area contributed by atoms with Crippen LogP contribution in [0.25, 0.3) is 0 Å². The zero-order valence-electron chi connectivity index (χ0n) is 11.3. The summed E-state index contributed by atoms with van der Waals surface area (Å²) in [6.07, 6.45) is 0.727. The first-order chi connectivity index (χ1) is 10.1. The Kier molecular flexibility index (Phi) is 3.88. The van der Waals surface area contributed by atoms with Gasteiger partial charge in [-0.2, -0.15) is 0 Å². The molecular formula is C17H14BrNO2. The van der Waals surface area contributed by atoms with E-state index in [0.29, 0.717) is 18.5 Å². The molecule has 3 rings (SSSR count). The van der Waals surface area contributed by atoms with E-state index in [0.717, 1.165) is 10.0 Å². The van der Waals surface area contributed by atoms with Crippen LogP contribution in [0.5, 0.6) is 0 Å². The molecule has 0 unspecified atom stereocenters. The predicted molar refractivity (Wildman–Crippen MR) is 85.1 cm³/mol. The number of benzene rings is 2. The van der Waals surface area contributed by atoms with Crippen LogP contribution in [-0.4, -0.2) is 11.8 Å². The molecule has 106 valence electrons. The number of piperidine rings is 1. The monoisotopic (exact) mass is 343 g/mol. The Balaban J connectivity index is 1.86. The molecule has 0 atom stereocenters. The second-order valence-corrected chi connectivity index (χ2v) is 6.03. The summed E-state index contributed by atoms with van der Waals surface area (Å²) in [5, 5.41) is 0. The first kappa shape index (κ1) is 14.0. The number of halogens is 1. The average Bonchev–Trinajstić information content (AvgIpc) is 2.47. The van der Waals surface area contributed by atoms with E-state index in [1.807, 2.05) is 42.5 Å². The summed E-state index contributed by atoms with van der Waals surface area (Å²) in [6.45, 7) is 0. The Labute approximate surface area is 131 Å². The number of amides is 2. The minimum atomic E-state index is -0.141. The molecule has 21 heavy (non-hydrogen) atoms. The Hall–Kier alpha value is -1.94. The molecule has 2 amide bonds. The molecule has 0 saturated carbocycles. The van der Waals surface area contributed by atoms with Crippen molar-refractivity contribution >= 4 is 33.4 Å². The SMILES string of the molecule is O=C1CC(c2ccccc2)CC(=O)N1c1cccc(Br)c1. The van der Waals surface area contributed by atoms with E-state index in [2.05, 4.69) is 15.9 Å². The largest absolute Gasteiger partial charge is 0.274 e. The van der Waals surface area contributed by atoms with E-state index >= 15 is 0 Å². The lowest BCUT2D eigenvalue weighted by molar-refractivity contribution is -0.129. The maximum atomic E-state index is 12.4. The van der Waals surface area contributed by atoms with Gasteiger partial charge in [0.2, 0.25) is 11.8 Å². The third-order valence-corrected chi connectivity index (χ3v) is 4.17. The van der Waals surface area contributed by atoms with Crippen LogP contribution in [-0.2, 0) is 9.59 Å². The predicted octanol–water partition coefficient (Wildman–Crippen LogP) is 3.89. The van der Waals surface area contributed by atoms with Crippen LogP contribution in [0.15, 0.2) is 59.1 Å². The summed E-state index contributed by atoms with van der Waals surface area (Å²) in [5.41, 5.74) is 1.68. The van der Waals surface area contributed by atoms with Crippen LogP contribution in [0.2, 0.25) is 0 Å². The topological polar surface area (TPSA) is 37.4 Å². The van der Waals surface area contributed by atoms with Gasteiger partial charge in [0.15, 0.2) is 0 Å². The molecule has 0 N–H and O–H groups in total. The fourth-order valence-electron chi connectivity index (χ4n) is 2.68. The molecule has 1 heterocycles. The van der Waals surface area contributed by atoms with Gasteiger partial charge in [0.1, 0.15) is 0 Å². The lowest BCUT2D eigenvalue weighted by Crippen LogP contribution is -2.42. The zero-order chi connectivity index (χ0) is 14.8. The molecule has 1 fully saturated rings. The van der Waals surface area contributed by atoms with Crippen molar-refractivity contribution in [2.75, 3.05) is 4.90 Å². The van der Waals surface area contributed by atoms with Gasteiger partial charge in [0.05, 0.1) is 5.69 Å². The lowest BCUT2D eigenvalue weighted by atomic mass is 9.88. The molecule has 1 aliphatic heterocycles. The number of anilines is 1. The fourth-order valence-corrected chi connectivity index (χ4v) is 3.07. The molecule has 1 saturated heterocycles. The van der Waals surface area contributed by atoms with E-state index in [1.165, 1.54) is 4.90 Å². The molecule has 1 aliphatic rings. The van der Waals surface area contributed by atoms with Gasteiger partial charge in [-0.15, -0.1) is 0 Å². The third kappa shape index (κ3) is 2.90. The normalized spacial score (nSPS) is 16.3. The molecule has 0 aromatic heterocycles. The first-order valence-electron chi connectivity index (χ1n) is 6.81. The quantitative estimate of drug-likeness (QED) is 0.776. The summed E-state index contributed by atoms with van der Waals surface area (Å²) < 4.78 is 0.853. The molecular weight excluding hydrogens is 330 g/mol. The Morgan fingerprint density at radius 2 is 1.57 bits per heavy atom. The molecule has 0 radical (unpaired) electrons. The van der Waals surface area contributed by atoms with Crippen LogP contribution < -0.4 is 4.90 Å². The van der Waals surface area contributed by atoms with Gasteiger partial charge in [-0.3, -0.25) is 14.5 Å². The highest BCUT2D eigenvalue weighted by Gasteiger charge is 2.34. The molecule has 3 nitrogen and oxygen atoms in total. The summed E-state index contributed by atoms with van der Waals surface area (Å²) in [5.74, 6) is -0.300. The van der Waals surface area contributed by atoms with Gasteiger partial charge in [-0.05, 0) is 23.8 Å². The van der Waals surface area contributed by atoms with Crippen LogP contribution >= 0.6 is 15.9 Å². The second kappa shape index (κ2) is 5.82. The van der Waals surface area contributed by atoms with Gasteiger partial charge >= 0.3 is 0 Å². The van der Waals surface area contributed by atoms with Gasteiger partial charge < -0.3 is 0 Å². The highest BCUT2D eigenvalue weighted by molar-refractivity contribution is 9.10. The summed E-state index contributed by atoms with van der Waals surface area (Å²) >= 11 is 3.37. The van der Waals surface area contributed by atoms with Gasteiger partial charge in [-0.25, -0.2) is 0 Å². The van der Waals surface area contributed by atoms with Gasteiger partial charge in [0, 0.05) is 23.2 Å². The summed E-state index contributed by atoms with van der Waals surface area (Å²) in [4.78, 5) is 26.1. The molecule has 2 aromatic carbocycles. The molecule has 0 bridgehead atoms. The van der Waals surface area contributed by atoms with E-state index in [1.54, 1.807) is 12.1 Å². The molecule has 0 spiro atoms. The maximum absolute atomic E-state index is 12.4. The smallest absolute Gasteiger partial charge is 0.234 e. The van der Waals surface area contributed by atoms with Crippen molar-refractivity contribution in [2.45, 2.75) is 18.8 Å². The average molecular weight is 344 g/mol. The van der Waals surface area contributed by atoms with E-state index in [-0.39, 0.29) is 17.7 Å². The first-order valence-corrected chi connectivity index (χ1v) is 7.61. The Bertz CT molecular complexity index is 666. The van der Waals surface area contributed by atoms with Gasteiger partial charge in [0.25, 0.3) is 0 Å². The van der Waals surface area contributed by atoms with E-state index < -0.39 is 0 Å². The maximum Gasteiger partial charge on any atom is 0.234 e. The van der Waals surface area contributed by atoms with Crippen molar-refractivity contribution in [3.63, 3.8) is 0 Å². The van der Waals surface area contributed by atoms with Crippen molar-refractivity contribution in [1.82, 2.24) is 0 Å². The van der Waals surface area contributed by atoms with Gasteiger partial charge in [-0.1, -0.05) is 52.3 Å². The van der Waals surface area contributed by atoms with Crippen LogP contribution in [0.1, 0.15) is 24.3 Å². The number of hydrogen-bond acceptors (Lipinski definition) is 2. The number of carbonyl (C=O) groups is 2. The standard InChI is InChI=1S/C17H14BrNO2/c18-14-7-4-8-15(11-14)19-16(20)9-13(10-17(19)21)12-5-2-1-3-6-12/h1-8,11,13H,9-10H2. The molecule has 2 aromatic rings. The third-order valence-electron chi connectivity index (χ3n) is 3.68. The number of hydrogen-bond donors (Lipinski definition) is 0. The number of imide groups is 1. The summed E-state index contributed by atoms with van der Waals surface area (Å²) in [7, 11) is 0. The minimum absolute atomic E-state index is 0.0189. The van der Waals surface area contributed by atoms with E-state index in [9.17, 15) is 9.59 Å². The number of rotatable bonds is 2. The highest BCUT2D eigenvalue weighted by Crippen LogP contribution is 2.32. The summed E-state index contributed by atoms with van der Waals surface area (Å²) in [6, 6.07) is 17.0. The Morgan fingerprint density at radius 1 is 0.905 bits per heavy atom. The number of nitrogens with zero attached hydrogens (tertiary/aromatic N) is 1. The lowest BCUT2D eigenvalue weighted by Gasteiger charge is -2.30. The van der Waals surface area contributed by atoms with Crippen LogP contribution in [0, 0.1) is 0 Å². The highest BCUT2D eigenvalue weighted by atomic mass is 79.9. The van der Waals surface area contributed by atoms with Crippen molar-refractivity contribution < 1.29 is 9.59 Å².